The molecule has 1 atom stereocenters. The molecule has 1 aliphatic rings. The van der Waals surface area contributed by atoms with Crippen molar-refractivity contribution in [2.75, 3.05) is 18.9 Å². The summed E-state index contributed by atoms with van der Waals surface area (Å²) in [5, 5.41) is 3.40. The van der Waals surface area contributed by atoms with Crippen LogP contribution in [0.15, 0.2) is 22.7 Å². The molecule has 16 heavy (non-hydrogen) atoms. The van der Waals surface area contributed by atoms with Gasteiger partial charge in [0.05, 0.1) is 6.10 Å². The van der Waals surface area contributed by atoms with Crippen LogP contribution in [0.1, 0.15) is 18.4 Å². The molecule has 2 rings (SSSR count). The fourth-order valence-electron chi connectivity index (χ4n) is 1.96. The molecule has 1 aromatic carbocycles. The van der Waals surface area contributed by atoms with E-state index in [0.717, 1.165) is 29.9 Å². The first-order valence-electron chi connectivity index (χ1n) is 5.61. The van der Waals surface area contributed by atoms with E-state index in [1.807, 2.05) is 12.1 Å². The van der Waals surface area contributed by atoms with Crippen molar-refractivity contribution in [3.8, 4) is 0 Å². The van der Waals surface area contributed by atoms with Crippen LogP contribution >= 0.6 is 15.9 Å². The largest absolute Gasteiger partial charge is 0.399 e. The molecular formula is C12H17BrN2O. The molecule has 1 aromatic rings. The molecule has 1 saturated heterocycles. The minimum absolute atomic E-state index is 0.393. The van der Waals surface area contributed by atoms with Crippen molar-refractivity contribution in [2.45, 2.75) is 25.5 Å². The molecular weight excluding hydrogens is 268 g/mol. The van der Waals surface area contributed by atoms with Crippen molar-refractivity contribution in [1.82, 2.24) is 5.32 Å². The SMILES string of the molecule is Nc1cc(Br)cc(CNCC2CCCO2)c1. The van der Waals surface area contributed by atoms with E-state index in [-0.39, 0.29) is 0 Å². The van der Waals surface area contributed by atoms with Gasteiger partial charge in [0.25, 0.3) is 0 Å². The molecule has 1 unspecified atom stereocenters. The second-order valence-corrected chi connectivity index (χ2v) is 5.07. The molecule has 0 radical (unpaired) electrons. The van der Waals surface area contributed by atoms with Gasteiger partial charge in [0.2, 0.25) is 0 Å². The predicted molar refractivity (Wildman–Crippen MR) is 69.2 cm³/mol. The number of anilines is 1. The summed E-state index contributed by atoms with van der Waals surface area (Å²) in [6.45, 7) is 2.67. The van der Waals surface area contributed by atoms with Crippen molar-refractivity contribution >= 4 is 21.6 Å². The summed E-state index contributed by atoms with van der Waals surface area (Å²) in [5.74, 6) is 0. The Kier molecular flexibility index (Phi) is 4.21. The van der Waals surface area contributed by atoms with E-state index in [4.69, 9.17) is 10.5 Å². The average Bonchev–Trinajstić information content (AvgIpc) is 2.69. The van der Waals surface area contributed by atoms with Gasteiger partial charge in [-0.05, 0) is 36.6 Å². The quantitative estimate of drug-likeness (QED) is 0.834. The van der Waals surface area contributed by atoms with E-state index in [1.54, 1.807) is 0 Å². The summed E-state index contributed by atoms with van der Waals surface area (Å²) in [5.41, 5.74) is 7.76. The number of ether oxygens (including phenoxy) is 1. The molecule has 3 N–H and O–H groups in total. The molecule has 1 aliphatic heterocycles. The minimum atomic E-state index is 0.393. The van der Waals surface area contributed by atoms with Crippen molar-refractivity contribution in [3.05, 3.63) is 28.2 Å². The highest BCUT2D eigenvalue weighted by molar-refractivity contribution is 9.10. The standard InChI is InChI=1S/C12H17BrN2O/c13-10-4-9(5-11(14)6-10)7-15-8-12-2-1-3-16-12/h4-6,12,15H,1-3,7-8,14H2. The van der Waals surface area contributed by atoms with Crippen molar-refractivity contribution in [1.29, 1.82) is 0 Å². The molecule has 0 saturated carbocycles. The van der Waals surface area contributed by atoms with E-state index in [0.29, 0.717) is 6.10 Å². The average molecular weight is 285 g/mol. The summed E-state index contributed by atoms with van der Waals surface area (Å²) in [4.78, 5) is 0. The first kappa shape index (κ1) is 11.9. The maximum atomic E-state index is 5.77. The molecule has 1 heterocycles. The Labute approximate surface area is 104 Å². The van der Waals surface area contributed by atoms with Crippen LogP contribution in [-0.4, -0.2) is 19.3 Å². The number of nitrogen functional groups attached to an aromatic ring is 1. The first-order chi connectivity index (χ1) is 7.74. The van der Waals surface area contributed by atoms with E-state index < -0.39 is 0 Å². The van der Waals surface area contributed by atoms with Gasteiger partial charge in [0.15, 0.2) is 0 Å². The van der Waals surface area contributed by atoms with Gasteiger partial charge in [0, 0.05) is 29.9 Å². The highest BCUT2D eigenvalue weighted by atomic mass is 79.9. The molecule has 0 aromatic heterocycles. The lowest BCUT2D eigenvalue weighted by molar-refractivity contribution is 0.110. The van der Waals surface area contributed by atoms with Gasteiger partial charge in [-0.2, -0.15) is 0 Å². The zero-order valence-corrected chi connectivity index (χ0v) is 10.8. The minimum Gasteiger partial charge on any atom is -0.399 e. The van der Waals surface area contributed by atoms with Gasteiger partial charge in [0.1, 0.15) is 0 Å². The van der Waals surface area contributed by atoms with Crippen molar-refractivity contribution < 1.29 is 4.74 Å². The Morgan fingerprint density at radius 1 is 1.44 bits per heavy atom. The van der Waals surface area contributed by atoms with E-state index in [9.17, 15) is 0 Å². The van der Waals surface area contributed by atoms with Gasteiger partial charge in [-0.15, -0.1) is 0 Å². The number of benzene rings is 1. The van der Waals surface area contributed by atoms with Crippen molar-refractivity contribution in [2.24, 2.45) is 0 Å². The maximum absolute atomic E-state index is 5.77. The Morgan fingerprint density at radius 3 is 3.00 bits per heavy atom. The third-order valence-corrected chi connectivity index (χ3v) is 3.16. The Morgan fingerprint density at radius 2 is 2.31 bits per heavy atom. The van der Waals surface area contributed by atoms with Crippen LogP contribution in [0, 0.1) is 0 Å². The van der Waals surface area contributed by atoms with Crippen LogP contribution in [0.25, 0.3) is 0 Å². The Balaban J connectivity index is 1.80. The molecule has 1 fully saturated rings. The lowest BCUT2D eigenvalue weighted by atomic mass is 10.2. The zero-order valence-electron chi connectivity index (χ0n) is 9.21. The third kappa shape index (κ3) is 3.47. The number of nitrogens with two attached hydrogens (primary N) is 1. The highest BCUT2D eigenvalue weighted by Crippen LogP contribution is 2.17. The normalized spacial score (nSPS) is 20.2. The lowest BCUT2D eigenvalue weighted by Crippen LogP contribution is -2.25. The van der Waals surface area contributed by atoms with E-state index in [1.165, 1.54) is 18.4 Å². The second kappa shape index (κ2) is 5.66. The summed E-state index contributed by atoms with van der Waals surface area (Å²) >= 11 is 3.44. The molecule has 4 heteroatoms. The molecule has 0 amide bonds. The maximum Gasteiger partial charge on any atom is 0.0700 e. The number of halogens is 1. The van der Waals surface area contributed by atoms with Gasteiger partial charge in [-0.25, -0.2) is 0 Å². The summed E-state index contributed by atoms with van der Waals surface area (Å²) in [6, 6.07) is 5.98. The van der Waals surface area contributed by atoms with Crippen molar-refractivity contribution in [3.63, 3.8) is 0 Å². The number of hydrogen-bond donors (Lipinski definition) is 2. The van der Waals surface area contributed by atoms with Crippen LogP contribution in [0.4, 0.5) is 5.69 Å². The van der Waals surface area contributed by atoms with Crippen LogP contribution in [-0.2, 0) is 11.3 Å². The molecule has 0 aliphatic carbocycles. The Bertz CT molecular complexity index is 331. The lowest BCUT2D eigenvalue weighted by Gasteiger charge is -2.11. The zero-order chi connectivity index (χ0) is 11.4. The van der Waals surface area contributed by atoms with E-state index >= 15 is 0 Å². The topological polar surface area (TPSA) is 47.3 Å². The molecule has 0 spiro atoms. The molecule has 88 valence electrons. The fourth-order valence-corrected chi connectivity index (χ4v) is 2.52. The van der Waals surface area contributed by atoms with Crippen LogP contribution < -0.4 is 11.1 Å². The van der Waals surface area contributed by atoms with Gasteiger partial charge in [-0.3, -0.25) is 0 Å². The predicted octanol–water partition coefficient (Wildman–Crippen LogP) is 2.30. The van der Waals surface area contributed by atoms with Crippen LogP contribution in [0.2, 0.25) is 0 Å². The van der Waals surface area contributed by atoms with Gasteiger partial charge < -0.3 is 15.8 Å². The summed E-state index contributed by atoms with van der Waals surface area (Å²) < 4.78 is 6.57. The Hall–Kier alpha value is -0.580. The fraction of sp³-hybridized carbons (Fsp3) is 0.500. The van der Waals surface area contributed by atoms with Crippen LogP contribution in [0.5, 0.6) is 0 Å². The van der Waals surface area contributed by atoms with E-state index in [2.05, 4.69) is 27.3 Å². The smallest absolute Gasteiger partial charge is 0.0700 e. The van der Waals surface area contributed by atoms with Crippen LogP contribution in [0.3, 0.4) is 0 Å². The number of nitrogens with one attached hydrogen (secondary N) is 1. The first-order valence-corrected chi connectivity index (χ1v) is 6.40. The summed E-state index contributed by atoms with van der Waals surface area (Å²) in [6.07, 6.45) is 2.76. The number of rotatable bonds is 4. The summed E-state index contributed by atoms with van der Waals surface area (Å²) in [7, 11) is 0. The van der Waals surface area contributed by atoms with Gasteiger partial charge in [-0.1, -0.05) is 15.9 Å². The molecule has 0 bridgehead atoms. The second-order valence-electron chi connectivity index (χ2n) is 4.16. The highest BCUT2D eigenvalue weighted by Gasteiger charge is 2.14. The van der Waals surface area contributed by atoms with Gasteiger partial charge >= 0.3 is 0 Å². The monoisotopic (exact) mass is 284 g/mol. The third-order valence-electron chi connectivity index (χ3n) is 2.71. The number of hydrogen-bond acceptors (Lipinski definition) is 3. The molecule has 3 nitrogen and oxygen atoms in total.